The summed E-state index contributed by atoms with van der Waals surface area (Å²) >= 11 is 0. The van der Waals surface area contributed by atoms with E-state index in [1.807, 2.05) is 0 Å². The molecule has 5 rings (SSSR count). The summed E-state index contributed by atoms with van der Waals surface area (Å²) < 4.78 is 0. The number of hydrogen-bond acceptors (Lipinski definition) is 4. The van der Waals surface area contributed by atoms with Crippen molar-refractivity contribution in [3.63, 3.8) is 0 Å². The maximum atomic E-state index is 11.5. The van der Waals surface area contributed by atoms with Crippen LogP contribution in [0.1, 0.15) is 106 Å². The molecule has 5 fully saturated rings. The average Bonchev–Trinajstić information content (AvgIpc) is 3.39. The van der Waals surface area contributed by atoms with Crippen LogP contribution in [0.3, 0.4) is 0 Å². The fraction of sp³-hybridized carbons (Fsp3) is 1.00. The van der Waals surface area contributed by atoms with Gasteiger partial charge in [-0.1, -0.05) is 41.5 Å². The van der Waals surface area contributed by atoms with Crippen molar-refractivity contribution in [2.45, 2.75) is 124 Å². The van der Waals surface area contributed by atoms with Crippen LogP contribution in [0, 0.1) is 56.7 Å². The Bertz CT molecular complexity index is 799. The number of aliphatic hydroxyl groups is 4. The summed E-state index contributed by atoms with van der Waals surface area (Å²) in [7, 11) is 0. The molecule has 0 aliphatic heterocycles. The summed E-state index contributed by atoms with van der Waals surface area (Å²) in [6.45, 7) is 13.8. The largest absolute Gasteiger partial charge is 0.396 e. The van der Waals surface area contributed by atoms with Gasteiger partial charge in [0, 0.05) is 5.41 Å². The molecule has 4 heteroatoms. The van der Waals surface area contributed by atoms with Crippen LogP contribution in [0.5, 0.6) is 0 Å². The quantitative estimate of drug-likeness (QED) is 0.427. The molecule has 0 unspecified atom stereocenters. The zero-order chi connectivity index (χ0) is 24.9. The van der Waals surface area contributed by atoms with Gasteiger partial charge in [-0.15, -0.1) is 0 Å². The zero-order valence-corrected chi connectivity index (χ0v) is 22.7. The lowest BCUT2D eigenvalue weighted by molar-refractivity contribution is -0.174. The molecule has 0 saturated heterocycles. The van der Waals surface area contributed by atoms with Crippen LogP contribution in [0.4, 0.5) is 0 Å². The minimum atomic E-state index is -0.383. The van der Waals surface area contributed by atoms with Crippen molar-refractivity contribution in [1.82, 2.24) is 0 Å². The Hall–Kier alpha value is -0.160. The SMILES string of the molecule is CC(C)[C@@H](O)CC[C@@H](C)[C@H]1[C@@H](O)C[C@@]2(C)[C@@H]3CC[C@H]4[C@@](C)(CO)[C@@H](O)CC[C@@]45C[C@@]35CC[C@]12C. The van der Waals surface area contributed by atoms with Crippen molar-refractivity contribution in [3.05, 3.63) is 0 Å². The second kappa shape index (κ2) is 7.92. The van der Waals surface area contributed by atoms with Crippen LogP contribution >= 0.6 is 0 Å². The highest BCUT2D eigenvalue weighted by atomic mass is 16.3. The molecule has 4 nitrogen and oxygen atoms in total. The van der Waals surface area contributed by atoms with Crippen molar-refractivity contribution in [1.29, 1.82) is 0 Å². The van der Waals surface area contributed by atoms with E-state index in [9.17, 15) is 20.4 Å². The van der Waals surface area contributed by atoms with E-state index in [0.29, 0.717) is 34.5 Å². The first-order chi connectivity index (χ1) is 15.8. The molecule has 4 N–H and O–H groups in total. The molecule has 0 amide bonds. The number of hydrogen-bond donors (Lipinski definition) is 4. The average molecular weight is 477 g/mol. The van der Waals surface area contributed by atoms with Crippen LogP contribution in [0.2, 0.25) is 0 Å². The van der Waals surface area contributed by atoms with E-state index < -0.39 is 0 Å². The predicted octanol–water partition coefficient (Wildman–Crippen LogP) is 5.16. The number of aliphatic hydroxyl groups excluding tert-OH is 4. The van der Waals surface area contributed by atoms with E-state index in [4.69, 9.17) is 0 Å². The second-order valence-electron chi connectivity index (χ2n) is 14.9. The molecule has 5 aliphatic carbocycles. The normalized spacial score (nSPS) is 55.7. The van der Waals surface area contributed by atoms with Crippen molar-refractivity contribution in [2.24, 2.45) is 56.7 Å². The van der Waals surface area contributed by atoms with Crippen molar-refractivity contribution < 1.29 is 20.4 Å². The van der Waals surface area contributed by atoms with Gasteiger partial charge in [0.05, 0.1) is 24.9 Å². The van der Waals surface area contributed by atoms with Gasteiger partial charge in [0.15, 0.2) is 0 Å². The van der Waals surface area contributed by atoms with E-state index in [1.165, 1.54) is 25.7 Å². The molecular weight excluding hydrogens is 424 g/mol. The van der Waals surface area contributed by atoms with Gasteiger partial charge in [0.1, 0.15) is 0 Å². The highest BCUT2D eigenvalue weighted by Crippen LogP contribution is 2.89. The zero-order valence-electron chi connectivity index (χ0n) is 22.7. The highest BCUT2D eigenvalue weighted by Gasteiger charge is 2.83. The monoisotopic (exact) mass is 476 g/mol. The van der Waals surface area contributed by atoms with Gasteiger partial charge >= 0.3 is 0 Å². The molecule has 5 saturated carbocycles. The molecular formula is C30H52O4. The Labute approximate surface area is 207 Å². The smallest absolute Gasteiger partial charge is 0.0618 e. The summed E-state index contributed by atoms with van der Waals surface area (Å²) in [4.78, 5) is 0. The third-order valence-electron chi connectivity index (χ3n) is 13.6. The van der Waals surface area contributed by atoms with Crippen LogP contribution < -0.4 is 0 Å². The molecule has 0 aromatic carbocycles. The molecule has 0 heterocycles. The van der Waals surface area contributed by atoms with Gasteiger partial charge in [-0.25, -0.2) is 0 Å². The van der Waals surface area contributed by atoms with Gasteiger partial charge < -0.3 is 20.4 Å². The molecule has 0 aromatic heterocycles. The Balaban J connectivity index is 1.42. The first kappa shape index (κ1) is 25.5. The van der Waals surface area contributed by atoms with Crippen molar-refractivity contribution in [3.8, 4) is 0 Å². The Morgan fingerprint density at radius 1 is 0.824 bits per heavy atom. The molecule has 2 spiro atoms. The first-order valence-corrected chi connectivity index (χ1v) is 14.5. The highest BCUT2D eigenvalue weighted by molar-refractivity contribution is 5.31. The van der Waals surface area contributed by atoms with E-state index >= 15 is 0 Å². The van der Waals surface area contributed by atoms with Gasteiger partial charge in [-0.05, 0) is 115 Å². The predicted molar refractivity (Wildman–Crippen MR) is 135 cm³/mol. The Morgan fingerprint density at radius 2 is 1.47 bits per heavy atom. The fourth-order valence-corrected chi connectivity index (χ4v) is 11.5. The summed E-state index contributed by atoms with van der Waals surface area (Å²) in [5.74, 6) is 2.07. The first-order valence-electron chi connectivity index (χ1n) is 14.5. The summed E-state index contributed by atoms with van der Waals surface area (Å²) in [6, 6.07) is 0. The van der Waals surface area contributed by atoms with Crippen molar-refractivity contribution >= 4 is 0 Å². The van der Waals surface area contributed by atoms with Gasteiger partial charge in [-0.2, -0.15) is 0 Å². The lowest BCUT2D eigenvalue weighted by Crippen LogP contribution is -2.59. The van der Waals surface area contributed by atoms with E-state index in [0.717, 1.165) is 38.5 Å². The molecule has 5 aliphatic rings. The van der Waals surface area contributed by atoms with E-state index in [-0.39, 0.29) is 47.1 Å². The molecule has 34 heavy (non-hydrogen) atoms. The fourth-order valence-electron chi connectivity index (χ4n) is 11.5. The summed E-state index contributed by atoms with van der Waals surface area (Å²) in [6.07, 6.45) is 9.81. The maximum absolute atomic E-state index is 11.5. The maximum Gasteiger partial charge on any atom is 0.0618 e. The second-order valence-corrected chi connectivity index (χ2v) is 14.9. The topological polar surface area (TPSA) is 80.9 Å². The molecule has 0 aromatic rings. The number of fused-ring (bicyclic) bond motifs is 2. The van der Waals surface area contributed by atoms with E-state index in [1.54, 1.807) is 0 Å². The third-order valence-corrected chi connectivity index (χ3v) is 13.6. The van der Waals surface area contributed by atoms with Gasteiger partial charge in [-0.3, -0.25) is 0 Å². The lowest BCUT2D eigenvalue weighted by Gasteiger charge is -2.63. The molecule has 0 bridgehead atoms. The third kappa shape index (κ3) is 2.98. The van der Waals surface area contributed by atoms with Gasteiger partial charge in [0.2, 0.25) is 0 Å². The standard InChI is InChI=1S/C30H52O4/c1-18(2)20(32)8-7-19(3)25-21(33)15-28(6)23-10-9-22-26(4,17-31)24(34)11-12-29(22)16-30(23,29)14-13-27(25,28)5/h18-25,31-34H,7-17H2,1-6H3/t19-,20+,21+,22+,23+,24+,25+,26-,27-,28+,29-,30+/m1/s1. The molecule has 0 radical (unpaired) electrons. The van der Waals surface area contributed by atoms with E-state index in [2.05, 4.69) is 41.5 Å². The van der Waals surface area contributed by atoms with Crippen LogP contribution in [0.25, 0.3) is 0 Å². The minimum Gasteiger partial charge on any atom is -0.396 e. The van der Waals surface area contributed by atoms with Crippen LogP contribution in [-0.2, 0) is 0 Å². The minimum absolute atomic E-state index is 0.0941. The van der Waals surface area contributed by atoms with Gasteiger partial charge in [0.25, 0.3) is 0 Å². The van der Waals surface area contributed by atoms with Crippen LogP contribution in [0.15, 0.2) is 0 Å². The number of rotatable bonds is 6. The van der Waals surface area contributed by atoms with Crippen molar-refractivity contribution in [2.75, 3.05) is 6.61 Å². The summed E-state index contributed by atoms with van der Waals surface area (Å²) in [5, 5.41) is 43.2. The Morgan fingerprint density at radius 3 is 2.12 bits per heavy atom. The molecule has 12 atom stereocenters. The molecule has 196 valence electrons. The van der Waals surface area contributed by atoms with Crippen LogP contribution in [-0.4, -0.2) is 45.3 Å². The summed E-state index contributed by atoms with van der Waals surface area (Å²) in [5.41, 5.74) is 0.563. The lowest BCUT2D eigenvalue weighted by atomic mass is 9.41. The Kier molecular flexibility index (Phi) is 5.94.